The molecule has 3 nitrogen and oxygen atoms in total. The van der Waals surface area contributed by atoms with Gasteiger partial charge in [0.2, 0.25) is 0 Å². The third-order valence-electron chi connectivity index (χ3n) is 0.305. The molecule has 0 saturated carbocycles. The van der Waals surface area contributed by atoms with Crippen molar-refractivity contribution < 1.29 is 21.8 Å². The monoisotopic (exact) mass is 111 g/mol. The van der Waals surface area contributed by atoms with Crippen molar-refractivity contribution in [3.8, 4) is 0 Å². The van der Waals surface area contributed by atoms with Crippen LogP contribution in [0.4, 0.5) is 0 Å². The Morgan fingerprint density at radius 1 is 2.14 bits per heavy atom. The van der Waals surface area contributed by atoms with Crippen LogP contribution in [-0.2, 0) is 4.74 Å². The molecule has 0 amide bonds. The maximum atomic E-state index is 8.92. The lowest BCUT2D eigenvalue weighted by Crippen LogP contribution is -2.17. The molecule has 1 unspecified atom stereocenters. The van der Waals surface area contributed by atoms with Gasteiger partial charge in [0.05, 0.1) is 20.0 Å². The molecule has 0 aromatic rings. The second kappa shape index (κ2) is 4.05. The summed E-state index contributed by atoms with van der Waals surface area (Å²) in [5.74, 6) is 0. The quantitative estimate of drug-likeness (QED) is 0.490. The van der Waals surface area contributed by atoms with Crippen LogP contribution in [0.2, 0.25) is 0 Å². The largest absolute Gasteiger partial charge is 0.394 e. The van der Waals surface area contributed by atoms with Crippen LogP contribution in [-0.4, -0.2) is 36.5 Å². The molecule has 0 bridgehead atoms. The molecule has 0 aliphatic heterocycles. The first-order valence-electron chi connectivity index (χ1n) is 4.06. The van der Waals surface area contributed by atoms with Crippen molar-refractivity contribution in [1.29, 1.82) is 0 Å². The highest BCUT2D eigenvalue weighted by Gasteiger charge is 1.96. The topological polar surface area (TPSA) is 49.7 Å². The van der Waals surface area contributed by atoms with E-state index in [2.05, 4.69) is 4.74 Å². The number of hydrogen-bond acceptors (Lipinski definition) is 3. The molecular formula is C4H10O3. The minimum atomic E-state index is -3.40. The van der Waals surface area contributed by atoms with E-state index in [-0.39, 0.29) is 0 Å². The Labute approximate surface area is 49.6 Å². The standard InChI is InChI=1S/C4H10O3/c1-7-3-4(6)2-5/h4-6H,2-3H2,1H3/i2D2,3D2,4D. The summed E-state index contributed by atoms with van der Waals surface area (Å²) in [4.78, 5) is 0. The summed E-state index contributed by atoms with van der Waals surface area (Å²) < 4.78 is 37.6. The van der Waals surface area contributed by atoms with Gasteiger partial charge in [-0.1, -0.05) is 0 Å². The predicted octanol–water partition coefficient (Wildman–Crippen LogP) is -1.01. The maximum Gasteiger partial charge on any atom is 0.100 e. The molecule has 0 heterocycles. The van der Waals surface area contributed by atoms with E-state index in [9.17, 15) is 0 Å². The molecule has 7 heavy (non-hydrogen) atoms. The van der Waals surface area contributed by atoms with Crippen LogP contribution >= 0.6 is 0 Å². The van der Waals surface area contributed by atoms with E-state index in [4.69, 9.17) is 17.1 Å². The maximum absolute atomic E-state index is 8.92. The van der Waals surface area contributed by atoms with Crippen LogP contribution in [0.1, 0.15) is 6.85 Å². The normalized spacial score (nSPS) is 33.3. The molecule has 44 valence electrons. The highest BCUT2D eigenvalue weighted by Crippen LogP contribution is 1.77. The van der Waals surface area contributed by atoms with Crippen molar-refractivity contribution in [2.75, 3.05) is 20.2 Å². The van der Waals surface area contributed by atoms with Gasteiger partial charge in [-0.2, -0.15) is 0 Å². The van der Waals surface area contributed by atoms with E-state index < -0.39 is 19.2 Å². The Balaban J connectivity index is 4.85. The van der Waals surface area contributed by atoms with Gasteiger partial charge in [0, 0.05) is 7.11 Å². The van der Waals surface area contributed by atoms with Gasteiger partial charge >= 0.3 is 0 Å². The van der Waals surface area contributed by atoms with Crippen LogP contribution in [0.25, 0.3) is 0 Å². The van der Waals surface area contributed by atoms with Crippen LogP contribution in [0.5, 0.6) is 0 Å². The smallest absolute Gasteiger partial charge is 0.100 e. The van der Waals surface area contributed by atoms with Gasteiger partial charge in [0.1, 0.15) is 6.08 Å². The lowest BCUT2D eigenvalue weighted by molar-refractivity contribution is 0.0254. The molecule has 0 aromatic heterocycles. The molecule has 0 aromatic carbocycles. The van der Waals surface area contributed by atoms with Gasteiger partial charge < -0.3 is 14.9 Å². The molecule has 0 radical (unpaired) electrons. The van der Waals surface area contributed by atoms with Gasteiger partial charge in [-0.15, -0.1) is 0 Å². The summed E-state index contributed by atoms with van der Waals surface area (Å²) in [6.07, 6.45) is -3.37. The lowest BCUT2D eigenvalue weighted by Gasteiger charge is -2.01. The first-order valence-corrected chi connectivity index (χ1v) is 1.56. The van der Waals surface area contributed by atoms with E-state index in [1.807, 2.05) is 0 Å². The van der Waals surface area contributed by atoms with Gasteiger partial charge in [0.15, 0.2) is 0 Å². The summed E-state index contributed by atoms with van der Waals surface area (Å²) in [5, 5.41) is 17.5. The summed E-state index contributed by atoms with van der Waals surface area (Å²) in [6.45, 7) is -6.38. The highest BCUT2D eigenvalue weighted by atomic mass is 16.5. The zero-order valence-corrected chi connectivity index (χ0v) is 3.80. The molecule has 0 rings (SSSR count). The SMILES string of the molecule is [2H]C([2H])(O)C([2H])(O)C([2H])([2H])OC. The Morgan fingerprint density at radius 3 is 2.86 bits per heavy atom. The molecule has 0 aliphatic rings. The van der Waals surface area contributed by atoms with E-state index in [0.717, 1.165) is 7.11 Å². The molecular weight excluding hydrogens is 96.0 g/mol. The molecule has 0 aliphatic carbocycles. The number of hydrogen-bond donors (Lipinski definition) is 2. The van der Waals surface area contributed by atoms with Crippen molar-refractivity contribution in [1.82, 2.24) is 0 Å². The minimum absolute atomic E-state index is 0.852. The average molecular weight is 111 g/mol. The summed E-state index contributed by atoms with van der Waals surface area (Å²) in [5.41, 5.74) is 0. The van der Waals surface area contributed by atoms with Crippen molar-refractivity contribution in [2.24, 2.45) is 0 Å². The Hall–Kier alpha value is -0.120. The van der Waals surface area contributed by atoms with Crippen molar-refractivity contribution in [3.63, 3.8) is 0 Å². The van der Waals surface area contributed by atoms with Crippen molar-refractivity contribution >= 4 is 0 Å². The summed E-state index contributed by atoms with van der Waals surface area (Å²) in [7, 11) is 0.852. The first-order chi connectivity index (χ1) is 5.06. The zero-order valence-electron chi connectivity index (χ0n) is 8.80. The molecule has 0 spiro atoms. The van der Waals surface area contributed by atoms with Gasteiger partial charge in [-0.05, 0) is 0 Å². The Kier molecular flexibility index (Phi) is 1.16. The van der Waals surface area contributed by atoms with Crippen LogP contribution in [0.15, 0.2) is 0 Å². The van der Waals surface area contributed by atoms with Gasteiger partial charge in [0.25, 0.3) is 0 Å². The van der Waals surface area contributed by atoms with Gasteiger partial charge in [-0.25, -0.2) is 0 Å². The second-order valence-electron chi connectivity index (χ2n) is 0.767. The molecule has 3 heteroatoms. The fourth-order valence-electron chi connectivity index (χ4n) is 0.119. The van der Waals surface area contributed by atoms with E-state index in [0.29, 0.717) is 0 Å². The molecule has 0 saturated heterocycles. The predicted molar refractivity (Wildman–Crippen MR) is 25.0 cm³/mol. The number of methoxy groups -OCH3 is 1. The summed E-state index contributed by atoms with van der Waals surface area (Å²) in [6, 6.07) is 0. The minimum Gasteiger partial charge on any atom is -0.394 e. The number of aliphatic hydroxyl groups is 2. The second-order valence-corrected chi connectivity index (χ2v) is 0.767. The fourth-order valence-corrected chi connectivity index (χ4v) is 0.119. The van der Waals surface area contributed by atoms with Gasteiger partial charge in [-0.3, -0.25) is 0 Å². The Morgan fingerprint density at radius 2 is 2.71 bits per heavy atom. The van der Waals surface area contributed by atoms with Crippen molar-refractivity contribution in [3.05, 3.63) is 0 Å². The zero-order chi connectivity index (χ0) is 10.2. The molecule has 2 N–H and O–H groups in total. The molecule has 1 atom stereocenters. The van der Waals surface area contributed by atoms with Crippen LogP contribution in [0, 0.1) is 0 Å². The van der Waals surface area contributed by atoms with Crippen molar-refractivity contribution in [2.45, 2.75) is 6.08 Å². The Bertz CT molecular complexity index is 163. The van der Waals surface area contributed by atoms with Crippen LogP contribution in [0.3, 0.4) is 0 Å². The third kappa shape index (κ3) is 3.72. The van der Waals surface area contributed by atoms with E-state index >= 15 is 0 Å². The van der Waals surface area contributed by atoms with Crippen LogP contribution < -0.4 is 0 Å². The highest BCUT2D eigenvalue weighted by molar-refractivity contribution is 4.46. The third-order valence-corrected chi connectivity index (χ3v) is 0.305. The average Bonchev–Trinajstić information content (AvgIpc) is 1.85. The first kappa shape index (κ1) is 2.01. The van der Waals surface area contributed by atoms with E-state index in [1.54, 1.807) is 0 Å². The fraction of sp³-hybridized carbons (Fsp3) is 1.00. The van der Waals surface area contributed by atoms with E-state index in [1.165, 1.54) is 0 Å². The summed E-state index contributed by atoms with van der Waals surface area (Å²) >= 11 is 0. The number of ether oxygens (including phenoxy) is 1. The lowest BCUT2D eigenvalue weighted by atomic mass is 10.4. The molecule has 0 fully saturated rings. The number of rotatable bonds is 3.